The van der Waals surface area contributed by atoms with Crippen LogP contribution in [0.4, 0.5) is 10.5 Å². The zero-order valence-electron chi connectivity index (χ0n) is 11.3. The summed E-state index contributed by atoms with van der Waals surface area (Å²) >= 11 is 0. The number of hydrogen-bond donors (Lipinski definition) is 0. The van der Waals surface area contributed by atoms with Gasteiger partial charge >= 0.3 is 6.09 Å². The first-order valence-electron chi connectivity index (χ1n) is 5.75. The minimum Gasteiger partial charge on any atom is -0.443 e. The van der Waals surface area contributed by atoms with E-state index >= 15 is 0 Å². The molecule has 1 amide bonds. The van der Waals surface area contributed by atoms with E-state index in [1.807, 2.05) is 20.8 Å². The molecule has 0 aliphatic carbocycles. The summed E-state index contributed by atoms with van der Waals surface area (Å²) in [6, 6.07) is 3.41. The smallest absolute Gasteiger partial charge is 0.414 e. The Kier molecular flexibility index (Phi) is 5.09. The first kappa shape index (κ1) is 14.4. The molecule has 0 aliphatic rings. The molecule has 0 N–H and O–H groups in total. The van der Waals surface area contributed by atoms with Gasteiger partial charge < -0.3 is 9.47 Å². The van der Waals surface area contributed by atoms with Gasteiger partial charge in [-0.3, -0.25) is 9.88 Å². The Bertz CT molecular complexity index is 374. The zero-order chi connectivity index (χ0) is 13.6. The van der Waals surface area contributed by atoms with Crippen LogP contribution in [-0.2, 0) is 9.47 Å². The van der Waals surface area contributed by atoms with E-state index in [-0.39, 0.29) is 0 Å². The summed E-state index contributed by atoms with van der Waals surface area (Å²) in [5, 5.41) is 0. The van der Waals surface area contributed by atoms with Crippen LogP contribution in [0, 0.1) is 6.20 Å². The molecule has 0 aliphatic heterocycles. The lowest BCUT2D eigenvalue weighted by Crippen LogP contribution is -2.38. The van der Waals surface area contributed by atoms with Gasteiger partial charge in [0.15, 0.2) is 0 Å². The summed E-state index contributed by atoms with van der Waals surface area (Å²) in [6.07, 6.45) is 3.83. The molecular formula is C13H19N2O3. The van der Waals surface area contributed by atoms with Crippen LogP contribution in [0.3, 0.4) is 0 Å². The number of anilines is 1. The molecule has 0 saturated heterocycles. The maximum absolute atomic E-state index is 12.1. The van der Waals surface area contributed by atoms with E-state index in [9.17, 15) is 4.79 Å². The van der Waals surface area contributed by atoms with Crippen molar-refractivity contribution in [2.75, 3.05) is 25.2 Å². The Morgan fingerprint density at radius 1 is 1.50 bits per heavy atom. The van der Waals surface area contributed by atoms with E-state index in [0.717, 1.165) is 0 Å². The summed E-state index contributed by atoms with van der Waals surface area (Å²) in [7, 11) is 1.59. The number of methoxy groups -OCH3 is 1. The van der Waals surface area contributed by atoms with Gasteiger partial charge in [-0.2, -0.15) is 0 Å². The van der Waals surface area contributed by atoms with Crippen LogP contribution >= 0.6 is 0 Å². The van der Waals surface area contributed by atoms with Gasteiger partial charge in [0.05, 0.1) is 31.2 Å². The zero-order valence-corrected chi connectivity index (χ0v) is 11.3. The van der Waals surface area contributed by atoms with E-state index in [2.05, 4.69) is 11.2 Å². The van der Waals surface area contributed by atoms with Crippen molar-refractivity contribution in [3.05, 3.63) is 24.5 Å². The Balaban J connectivity index is 2.82. The summed E-state index contributed by atoms with van der Waals surface area (Å²) in [5.74, 6) is 0. The van der Waals surface area contributed by atoms with Crippen molar-refractivity contribution < 1.29 is 14.3 Å². The van der Waals surface area contributed by atoms with Gasteiger partial charge in [0.1, 0.15) is 5.60 Å². The molecule has 1 aromatic heterocycles. The van der Waals surface area contributed by atoms with Crippen LogP contribution in [0.5, 0.6) is 0 Å². The third kappa shape index (κ3) is 4.71. The molecule has 1 heterocycles. The van der Waals surface area contributed by atoms with E-state index in [1.165, 1.54) is 4.90 Å². The first-order chi connectivity index (χ1) is 8.44. The number of ether oxygens (including phenoxy) is 2. The second kappa shape index (κ2) is 6.35. The standard InChI is InChI=1S/C13H19N2O3/c1-13(2,3)18-12(16)15(8-9-17-4)11-6-5-7-14-10-11/h5-6,10H,8-9H2,1-4H3. The second-order valence-electron chi connectivity index (χ2n) is 4.77. The molecular weight excluding hydrogens is 232 g/mol. The third-order valence-corrected chi connectivity index (χ3v) is 2.04. The van der Waals surface area contributed by atoms with E-state index < -0.39 is 11.7 Å². The lowest BCUT2D eigenvalue weighted by Gasteiger charge is -2.27. The molecule has 1 radical (unpaired) electrons. The SMILES string of the molecule is COCCN(C(=O)OC(C)(C)C)c1cc[c]nc1. The molecule has 0 unspecified atom stereocenters. The van der Waals surface area contributed by atoms with Crippen LogP contribution in [0.25, 0.3) is 0 Å². The van der Waals surface area contributed by atoms with Crippen LogP contribution in [0.1, 0.15) is 20.8 Å². The molecule has 1 rings (SSSR count). The average Bonchev–Trinajstić information content (AvgIpc) is 2.28. The number of aromatic nitrogens is 1. The number of amides is 1. The van der Waals surface area contributed by atoms with Crippen molar-refractivity contribution in [1.82, 2.24) is 4.98 Å². The van der Waals surface area contributed by atoms with Crippen molar-refractivity contribution in [3.8, 4) is 0 Å². The van der Waals surface area contributed by atoms with Gasteiger partial charge in [-0.25, -0.2) is 4.79 Å². The number of rotatable bonds is 4. The van der Waals surface area contributed by atoms with Crippen molar-refractivity contribution in [3.63, 3.8) is 0 Å². The van der Waals surface area contributed by atoms with E-state index in [4.69, 9.17) is 9.47 Å². The Hall–Kier alpha value is -1.62. The van der Waals surface area contributed by atoms with Crippen molar-refractivity contribution in [2.45, 2.75) is 26.4 Å². The fraction of sp³-hybridized carbons (Fsp3) is 0.538. The van der Waals surface area contributed by atoms with E-state index in [0.29, 0.717) is 18.8 Å². The first-order valence-corrected chi connectivity index (χ1v) is 5.75. The van der Waals surface area contributed by atoms with Gasteiger partial charge in [-0.15, -0.1) is 0 Å². The lowest BCUT2D eigenvalue weighted by atomic mass is 10.2. The van der Waals surface area contributed by atoms with Crippen LogP contribution in [0.15, 0.2) is 18.3 Å². The molecule has 5 nitrogen and oxygen atoms in total. The topological polar surface area (TPSA) is 51.7 Å². The maximum atomic E-state index is 12.1. The highest BCUT2D eigenvalue weighted by Crippen LogP contribution is 2.16. The molecule has 0 saturated carbocycles. The van der Waals surface area contributed by atoms with E-state index in [1.54, 1.807) is 25.4 Å². The van der Waals surface area contributed by atoms with Gasteiger partial charge in [-0.05, 0) is 32.9 Å². The fourth-order valence-electron chi connectivity index (χ4n) is 1.30. The highest BCUT2D eigenvalue weighted by atomic mass is 16.6. The monoisotopic (exact) mass is 251 g/mol. The predicted octanol–water partition coefficient (Wildman–Crippen LogP) is 2.27. The van der Waals surface area contributed by atoms with Gasteiger partial charge in [0.2, 0.25) is 0 Å². The Morgan fingerprint density at radius 2 is 2.22 bits per heavy atom. The number of hydrogen-bond acceptors (Lipinski definition) is 4. The average molecular weight is 251 g/mol. The van der Waals surface area contributed by atoms with Crippen LogP contribution in [-0.4, -0.2) is 36.9 Å². The Labute approximate surface area is 108 Å². The largest absolute Gasteiger partial charge is 0.443 e. The van der Waals surface area contributed by atoms with Gasteiger partial charge in [0.25, 0.3) is 0 Å². The van der Waals surface area contributed by atoms with Crippen LogP contribution < -0.4 is 4.90 Å². The molecule has 1 aromatic rings. The molecule has 5 heteroatoms. The highest BCUT2D eigenvalue weighted by molar-refractivity contribution is 5.87. The summed E-state index contributed by atoms with van der Waals surface area (Å²) in [4.78, 5) is 17.4. The minimum absolute atomic E-state index is 0.410. The summed E-state index contributed by atoms with van der Waals surface area (Å²) < 4.78 is 10.3. The molecule has 0 spiro atoms. The lowest BCUT2D eigenvalue weighted by molar-refractivity contribution is 0.0569. The maximum Gasteiger partial charge on any atom is 0.414 e. The molecule has 0 atom stereocenters. The number of carbonyl (C=O) groups is 1. The third-order valence-electron chi connectivity index (χ3n) is 2.04. The fourth-order valence-corrected chi connectivity index (χ4v) is 1.30. The van der Waals surface area contributed by atoms with Crippen LogP contribution in [0.2, 0.25) is 0 Å². The molecule has 0 aromatic carbocycles. The highest BCUT2D eigenvalue weighted by Gasteiger charge is 2.23. The van der Waals surface area contributed by atoms with Crippen molar-refractivity contribution in [1.29, 1.82) is 0 Å². The normalized spacial score (nSPS) is 11.1. The quantitative estimate of drug-likeness (QED) is 0.823. The van der Waals surface area contributed by atoms with Crippen molar-refractivity contribution in [2.24, 2.45) is 0 Å². The minimum atomic E-state index is -0.531. The molecule has 99 valence electrons. The van der Waals surface area contributed by atoms with Gasteiger partial charge in [0, 0.05) is 7.11 Å². The second-order valence-corrected chi connectivity index (χ2v) is 4.77. The summed E-state index contributed by atoms with van der Waals surface area (Å²) in [6.45, 7) is 6.33. The molecule has 0 bridgehead atoms. The molecule has 18 heavy (non-hydrogen) atoms. The summed E-state index contributed by atoms with van der Waals surface area (Å²) in [5.41, 5.74) is 0.136. The van der Waals surface area contributed by atoms with Gasteiger partial charge in [-0.1, -0.05) is 0 Å². The number of nitrogens with zero attached hydrogens (tertiary/aromatic N) is 2. The van der Waals surface area contributed by atoms with Crippen molar-refractivity contribution >= 4 is 11.8 Å². The Morgan fingerprint density at radius 3 is 2.72 bits per heavy atom. The number of pyridine rings is 1. The number of carbonyl (C=O) groups excluding carboxylic acids is 1. The predicted molar refractivity (Wildman–Crippen MR) is 68.5 cm³/mol. The molecule has 0 fully saturated rings.